The van der Waals surface area contributed by atoms with Gasteiger partial charge in [-0.25, -0.2) is 14.8 Å². The molecule has 0 amide bonds. The molecule has 0 aromatic carbocycles. The van der Waals surface area contributed by atoms with Crippen molar-refractivity contribution in [2.75, 3.05) is 6.61 Å². The van der Waals surface area contributed by atoms with Gasteiger partial charge in [0, 0.05) is 24.2 Å². The number of hydrogen-bond donors (Lipinski definition) is 1. The van der Waals surface area contributed by atoms with E-state index >= 15 is 0 Å². The van der Waals surface area contributed by atoms with Crippen molar-refractivity contribution < 1.29 is 36.6 Å². The predicted octanol–water partition coefficient (Wildman–Crippen LogP) is 3.71. The number of nitrogens with zero attached hydrogens (tertiary/aromatic N) is 4. The van der Waals surface area contributed by atoms with Gasteiger partial charge in [0.25, 0.3) is 0 Å². The lowest BCUT2D eigenvalue weighted by molar-refractivity contribution is -0.290. The summed E-state index contributed by atoms with van der Waals surface area (Å²) in [4.78, 5) is 19.1. The van der Waals surface area contributed by atoms with Crippen molar-refractivity contribution in [3.8, 4) is 5.88 Å². The molecule has 0 saturated carbocycles. The SMILES string of the molecule is CCc1c2c(C(=O)O)nccc2nn1Cc1ccc(OCC(F)(F)C(F)(F)F)nc1. The molecule has 0 spiro atoms. The van der Waals surface area contributed by atoms with E-state index in [2.05, 4.69) is 19.8 Å². The molecule has 0 atom stereocenters. The summed E-state index contributed by atoms with van der Waals surface area (Å²) in [6.45, 7) is 0.114. The van der Waals surface area contributed by atoms with E-state index in [4.69, 9.17) is 0 Å². The Morgan fingerprint density at radius 1 is 1.17 bits per heavy atom. The van der Waals surface area contributed by atoms with Crippen LogP contribution in [0, 0.1) is 0 Å². The first-order valence-electron chi connectivity index (χ1n) is 8.63. The van der Waals surface area contributed by atoms with Crippen LogP contribution < -0.4 is 4.74 Å². The Balaban J connectivity index is 1.80. The molecule has 1 N–H and O–H groups in total. The molecule has 12 heteroatoms. The first-order valence-corrected chi connectivity index (χ1v) is 8.63. The van der Waals surface area contributed by atoms with Gasteiger partial charge in [0.1, 0.15) is 0 Å². The molecule has 0 saturated heterocycles. The molecule has 3 heterocycles. The van der Waals surface area contributed by atoms with Crippen molar-refractivity contribution in [3.63, 3.8) is 0 Å². The second-order valence-corrected chi connectivity index (χ2v) is 6.31. The van der Waals surface area contributed by atoms with Gasteiger partial charge in [-0.2, -0.15) is 27.1 Å². The third-order valence-corrected chi connectivity index (χ3v) is 4.24. The van der Waals surface area contributed by atoms with Crippen molar-refractivity contribution in [2.24, 2.45) is 0 Å². The summed E-state index contributed by atoms with van der Waals surface area (Å²) < 4.78 is 68.4. The van der Waals surface area contributed by atoms with Gasteiger partial charge in [-0.05, 0) is 18.1 Å². The van der Waals surface area contributed by atoms with E-state index in [1.807, 2.05) is 6.92 Å². The molecule has 3 aromatic heterocycles. The van der Waals surface area contributed by atoms with Crippen LogP contribution in [0.2, 0.25) is 0 Å². The van der Waals surface area contributed by atoms with Gasteiger partial charge < -0.3 is 9.84 Å². The summed E-state index contributed by atoms with van der Waals surface area (Å²) in [5, 5.41) is 14.1. The van der Waals surface area contributed by atoms with Gasteiger partial charge in [0.05, 0.1) is 17.4 Å². The quantitative estimate of drug-likeness (QED) is 0.575. The van der Waals surface area contributed by atoms with E-state index in [1.54, 1.807) is 10.7 Å². The maximum Gasteiger partial charge on any atom is 0.456 e. The maximum absolute atomic E-state index is 12.9. The first-order chi connectivity index (χ1) is 14.0. The average molecular weight is 430 g/mol. The fourth-order valence-electron chi connectivity index (χ4n) is 2.80. The minimum Gasteiger partial charge on any atom is -0.476 e. The molecule has 0 bridgehead atoms. The number of ether oxygens (including phenoxy) is 1. The van der Waals surface area contributed by atoms with Crippen molar-refractivity contribution in [1.29, 1.82) is 0 Å². The van der Waals surface area contributed by atoms with Crippen LogP contribution in [-0.2, 0) is 13.0 Å². The van der Waals surface area contributed by atoms with E-state index in [0.29, 0.717) is 28.6 Å². The van der Waals surface area contributed by atoms with E-state index in [9.17, 15) is 31.9 Å². The first kappa shape index (κ1) is 21.4. The number of carboxylic acids is 1. The third-order valence-electron chi connectivity index (χ3n) is 4.24. The van der Waals surface area contributed by atoms with Gasteiger partial charge in [-0.15, -0.1) is 0 Å². The molecule has 7 nitrogen and oxygen atoms in total. The summed E-state index contributed by atoms with van der Waals surface area (Å²) in [6.07, 6.45) is -2.66. The number of carboxylic acid groups (broad SMARTS) is 1. The van der Waals surface area contributed by atoms with Crippen LogP contribution in [0.3, 0.4) is 0 Å². The molecule has 0 aliphatic heterocycles. The zero-order valence-corrected chi connectivity index (χ0v) is 15.5. The molecular weight excluding hydrogens is 415 g/mol. The highest BCUT2D eigenvalue weighted by atomic mass is 19.4. The number of aromatic nitrogens is 4. The number of carbonyl (C=O) groups is 1. The molecule has 30 heavy (non-hydrogen) atoms. The zero-order chi connectivity index (χ0) is 22.1. The summed E-state index contributed by atoms with van der Waals surface area (Å²) >= 11 is 0. The third kappa shape index (κ3) is 4.16. The topological polar surface area (TPSA) is 90.1 Å². The lowest BCUT2D eigenvalue weighted by Gasteiger charge is -2.19. The van der Waals surface area contributed by atoms with Crippen LogP contribution in [0.15, 0.2) is 30.6 Å². The van der Waals surface area contributed by atoms with Crippen LogP contribution in [-0.4, -0.2) is 49.5 Å². The van der Waals surface area contributed by atoms with Crippen LogP contribution >= 0.6 is 0 Å². The van der Waals surface area contributed by atoms with Crippen LogP contribution in [0.1, 0.15) is 28.7 Å². The molecule has 0 radical (unpaired) electrons. The van der Waals surface area contributed by atoms with Gasteiger partial charge in [-0.3, -0.25) is 4.68 Å². The van der Waals surface area contributed by atoms with Crippen LogP contribution in [0.25, 0.3) is 10.9 Å². The Morgan fingerprint density at radius 3 is 2.47 bits per heavy atom. The average Bonchev–Trinajstić information content (AvgIpc) is 3.03. The molecule has 0 fully saturated rings. The second kappa shape index (κ2) is 7.84. The summed E-state index contributed by atoms with van der Waals surface area (Å²) in [5.41, 5.74) is 1.50. The highest BCUT2D eigenvalue weighted by molar-refractivity contribution is 6.01. The minimum absolute atomic E-state index is 0.122. The minimum atomic E-state index is -5.71. The fourth-order valence-corrected chi connectivity index (χ4v) is 2.80. The van der Waals surface area contributed by atoms with E-state index in [-0.39, 0.29) is 18.1 Å². The Hall–Kier alpha value is -3.31. The Bertz CT molecular complexity index is 1060. The highest BCUT2D eigenvalue weighted by Crippen LogP contribution is 2.35. The summed E-state index contributed by atoms with van der Waals surface area (Å²) in [6, 6.07) is 4.19. The molecule has 0 aliphatic rings. The number of aromatic carboxylic acids is 1. The van der Waals surface area contributed by atoms with E-state index < -0.39 is 24.7 Å². The normalized spacial score (nSPS) is 12.3. The molecular formula is C18H15F5N4O3. The smallest absolute Gasteiger partial charge is 0.456 e. The van der Waals surface area contributed by atoms with Crippen LogP contribution in [0.5, 0.6) is 5.88 Å². The lowest BCUT2D eigenvalue weighted by atomic mass is 10.1. The van der Waals surface area contributed by atoms with Crippen molar-refractivity contribution in [2.45, 2.75) is 32.0 Å². The second-order valence-electron chi connectivity index (χ2n) is 6.31. The van der Waals surface area contributed by atoms with E-state index in [1.165, 1.54) is 24.5 Å². The lowest BCUT2D eigenvalue weighted by Crippen LogP contribution is -2.41. The van der Waals surface area contributed by atoms with Crippen molar-refractivity contribution in [3.05, 3.63) is 47.5 Å². The molecule has 3 aromatic rings. The largest absolute Gasteiger partial charge is 0.476 e. The predicted molar refractivity (Wildman–Crippen MR) is 93.7 cm³/mol. The van der Waals surface area contributed by atoms with E-state index in [0.717, 1.165) is 0 Å². The van der Waals surface area contributed by atoms with Gasteiger partial charge >= 0.3 is 18.1 Å². The van der Waals surface area contributed by atoms with Crippen molar-refractivity contribution in [1.82, 2.24) is 19.7 Å². The summed E-state index contributed by atoms with van der Waals surface area (Å²) in [5.74, 6) is -6.57. The Labute approximate surface area is 166 Å². The Morgan fingerprint density at radius 2 is 1.90 bits per heavy atom. The number of halogens is 5. The number of alkyl halides is 5. The number of hydrogen-bond acceptors (Lipinski definition) is 5. The number of pyridine rings is 2. The maximum atomic E-state index is 12.9. The Kier molecular flexibility index (Phi) is 5.59. The van der Waals surface area contributed by atoms with Crippen LogP contribution in [0.4, 0.5) is 22.0 Å². The number of aryl methyl sites for hydroxylation is 1. The molecule has 160 valence electrons. The zero-order valence-electron chi connectivity index (χ0n) is 15.5. The van der Waals surface area contributed by atoms with Gasteiger partial charge in [0.2, 0.25) is 5.88 Å². The van der Waals surface area contributed by atoms with Gasteiger partial charge in [0.15, 0.2) is 12.3 Å². The standard InChI is InChI=1S/C18H15F5N4O3/c1-2-12-14-11(5-6-24-15(14)16(28)29)26-27(12)8-10-3-4-13(25-7-10)30-9-17(19,20)18(21,22)23/h3-7H,2,8-9H2,1H3,(H,28,29). The summed E-state index contributed by atoms with van der Waals surface area (Å²) in [7, 11) is 0. The monoisotopic (exact) mass is 430 g/mol. The number of rotatable bonds is 7. The highest BCUT2D eigenvalue weighted by Gasteiger charge is 2.58. The molecule has 3 rings (SSSR count). The van der Waals surface area contributed by atoms with Gasteiger partial charge in [-0.1, -0.05) is 13.0 Å². The fraction of sp³-hybridized carbons (Fsp3) is 0.333. The molecule has 0 unspecified atom stereocenters. The number of fused-ring (bicyclic) bond motifs is 1. The molecule has 0 aliphatic carbocycles. The van der Waals surface area contributed by atoms with Crippen molar-refractivity contribution >= 4 is 16.9 Å².